The molecule has 3 fully saturated rings. The van der Waals surface area contributed by atoms with Crippen LogP contribution >= 0.6 is 0 Å². The molecule has 3 N–H and O–H groups in total. The van der Waals surface area contributed by atoms with Crippen LogP contribution in [-0.2, 0) is 14.4 Å². The average molecular weight is 542 g/mol. The Labute approximate surface area is 223 Å². The maximum Gasteiger partial charge on any atom is 0.410 e. The number of anilines is 2. The van der Waals surface area contributed by atoms with Crippen LogP contribution in [0, 0.1) is 17.0 Å². The molecule has 1 aliphatic heterocycles. The van der Waals surface area contributed by atoms with E-state index in [0.29, 0.717) is 5.56 Å². The molecule has 0 radical (unpaired) electrons. The van der Waals surface area contributed by atoms with E-state index in [0.717, 1.165) is 37.8 Å². The van der Waals surface area contributed by atoms with Crippen molar-refractivity contribution in [1.29, 1.82) is 0 Å². The van der Waals surface area contributed by atoms with E-state index in [2.05, 4.69) is 15.6 Å². The van der Waals surface area contributed by atoms with E-state index in [1.54, 1.807) is 17.9 Å². The van der Waals surface area contributed by atoms with Gasteiger partial charge in [-0.3, -0.25) is 19.7 Å². The molecule has 2 aliphatic carbocycles. The fourth-order valence-corrected chi connectivity index (χ4v) is 5.01. The van der Waals surface area contributed by atoms with Gasteiger partial charge in [-0.25, -0.2) is 18.6 Å². The first kappa shape index (κ1) is 26.5. The Morgan fingerprint density at radius 2 is 1.74 bits per heavy atom. The minimum absolute atomic E-state index is 0.0186. The number of carbonyl (C=O) groups is 4. The monoisotopic (exact) mass is 541 g/mol. The first-order chi connectivity index (χ1) is 18.5. The number of hydrogen-bond acceptors (Lipinski definition) is 5. The van der Waals surface area contributed by atoms with Crippen molar-refractivity contribution in [3.63, 3.8) is 0 Å². The van der Waals surface area contributed by atoms with Gasteiger partial charge in [-0.1, -0.05) is 13.0 Å². The molecule has 39 heavy (non-hydrogen) atoms. The molecule has 0 bridgehead atoms. The van der Waals surface area contributed by atoms with Gasteiger partial charge < -0.3 is 20.2 Å². The van der Waals surface area contributed by atoms with Gasteiger partial charge in [0, 0.05) is 30.1 Å². The highest BCUT2D eigenvalue weighted by molar-refractivity contribution is 6.39. The lowest BCUT2D eigenvalue weighted by atomic mass is 9.97. The predicted molar refractivity (Wildman–Crippen MR) is 136 cm³/mol. The first-order valence-corrected chi connectivity index (χ1v) is 12.8. The number of halogens is 2. The number of hydrogen-bond donors (Lipinski definition) is 3. The molecule has 1 saturated heterocycles. The summed E-state index contributed by atoms with van der Waals surface area (Å²) < 4.78 is 27.9. The summed E-state index contributed by atoms with van der Waals surface area (Å²) in [5, 5.41) is 13.8. The lowest BCUT2D eigenvalue weighted by molar-refractivity contribution is -0.153. The van der Waals surface area contributed by atoms with Crippen molar-refractivity contribution < 1.29 is 33.1 Å². The molecule has 2 aromatic rings. The van der Waals surface area contributed by atoms with E-state index < -0.39 is 47.0 Å². The second-order valence-corrected chi connectivity index (χ2v) is 10.8. The number of aromatic nitrogens is 1. The Kier molecular flexibility index (Phi) is 6.73. The van der Waals surface area contributed by atoms with E-state index in [4.69, 9.17) is 5.11 Å². The van der Waals surface area contributed by atoms with Crippen LogP contribution in [0.5, 0.6) is 0 Å². The summed E-state index contributed by atoms with van der Waals surface area (Å²) in [7, 11) is 0. The van der Waals surface area contributed by atoms with E-state index in [-0.39, 0.29) is 42.0 Å². The van der Waals surface area contributed by atoms with Crippen molar-refractivity contribution in [2.24, 2.45) is 5.41 Å². The smallest absolute Gasteiger partial charge is 0.410 e. The molecule has 1 aromatic heterocycles. The van der Waals surface area contributed by atoms with Crippen LogP contribution in [0.2, 0.25) is 0 Å². The number of rotatable bonds is 5. The Bertz CT molecular complexity index is 1360. The largest absolute Gasteiger partial charge is 0.465 e. The number of nitrogens with one attached hydrogen (secondary N) is 2. The summed E-state index contributed by atoms with van der Waals surface area (Å²) in [5.74, 6) is -3.79. The second kappa shape index (κ2) is 9.90. The van der Waals surface area contributed by atoms with Gasteiger partial charge in [0.15, 0.2) is 11.6 Å². The number of pyridine rings is 1. The van der Waals surface area contributed by atoms with Crippen molar-refractivity contribution in [1.82, 2.24) is 14.8 Å². The summed E-state index contributed by atoms with van der Waals surface area (Å²) in [6, 6.07) is 3.59. The van der Waals surface area contributed by atoms with E-state index in [1.165, 1.54) is 17.2 Å². The minimum atomic E-state index is -1.26. The van der Waals surface area contributed by atoms with E-state index in [9.17, 15) is 28.0 Å². The van der Waals surface area contributed by atoms with Gasteiger partial charge in [-0.2, -0.15) is 0 Å². The quantitative estimate of drug-likeness (QED) is 0.493. The standard InChI is InChI=1S/C27H29F2N5O5/c1-14-12-34(21(16-5-6-19(28)20(29)9-16)13-33(14)25(37)27(2)7-8-27)24(36)23(35)31-17-10-18(15-3-4-15)22(30-11-17)32-26(38)39/h5-6,9-11,14-15,21H,3-4,7-8,12-13H2,1-2H3,(H,30,32)(H,31,35)(H,38,39)/t14-,21-/m1/s1. The molecule has 4 amide bonds. The van der Waals surface area contributed by atoms with Crippen LogP contribution in [0.3, 0.4) is 0 Å². The molecule has 2 saturated carbocycles. The van der Waals surface area contributed by atoms with Gasteiger partial charge in [0.1, 0.15) is 5.82 Å². The number of carboxylic acid groups (broad SMARTS) is 1. The Morgan fingerprint density at radius 1 is 1.03 bits per heavy atom. The maximum atomic E-state index is 14.2. The van der Waals surface area contributed by atoms with Crippen LogP contribution in [0.25, 0.3) is 0 Å². The van der Waals surface area contributed by atoms with Gasteiger partial charge in [-0.05, 0) is 62.3 Å². The molecule has 2 heterocycles. The fraction of sp³-hybridized carbons (Fsp3) is 0.444. The lowest BCUT2D eigenvalue weighted by Crippen LogP contribution is -2.59. The third-order valence-electron chi connectivity index (χ3n) is 7.72. The second-order valence-electron chi connectivity index (χ2n) is 10.8. The summed E-state index contributed by atoms with van der Waals surface area (Å²) in [4.78, 5) is 57.9. The Hall–Kier alpha value is -4.09. The van der Waals surface area contributed by atoms with Gasteiger partial charge in [0.05, 0.1) is 17.9 Å². The van der Waals surface area contributed by atoms with E-state index in [1.807, 2.05) is 6.92 Å². The molecular weight excluding hydrogens is 512 g/mol. The molecule has 1 aromatic carbocycles. The van der Waals surface area contributed by atoms with E-state index >= 15 is 0 Å². The molecule has 206 valence electrons. The minimum Gasteiger partial charge on any atom is -0.465 e. The van der Waals surface area contributed by atoms with Gasteiger partial charge in [0.2, 0.25) is 5.91 Å². The van der Waals surface area contributed by atoms with Crippen LogP contribution < -0.4 is 10.6 Å². The van der Waals surface area contributed by atoms with Crippen molar-refractivity contribution in [3.05, 3.63) is 53.2 Å². The summed E-state index contributed by atoms with van der Waals surface area (Å²) >= 11 is 0. The molecule has 0 spiro atoms. The zero-order chi connectivity index (χ0) is 28.1. The number of amides is 4. The third kappa shape index (κ3) is 5.41. The average Bonchev–Trinajstić information content (AvgIpc) is 3.82. The van der Waals surface area contributed by atoms with Crippen molar-refractivity contribution >= 4 is 35.3 Å². The Morgan fingerprint density at radius 3 is 2.36 bits per heavy atom. The van der Waals surface area contributed by atoms with Crippen LogP contribution in [0.15, 0.2) is 30.5 Å². The van der Waals surface area contributed by atoms with Crippen molar-refractivity contribution in [2.75, 3.05) is 23.7 Å². The third-order valence-corrected chi connectivity index (χ3v) is 7.72. The predicted octanol–water partition coefficient (Wildman–Crippen LogP) is 3.87. The number of benzene rings is 1. The van der Waals surface area contributed by atoms with Gasteiger partial charge in [0.25, 0.3) is 0 Å². The van der Waals surface area contributed by atoms with Crippen LogP contribution in [0.4, 0.5) is 25.1 Å². The maximum absolute atomic E-state index is 14.2. The van der Waals surface area contributed by atoms with Crippen LogP contribution in [-0.4, -0.2) is 62.8 Å². The summed E-state index contributed by atoms with van der Waals surface area (Å²) in [5.41, 5.74) is 0.642. The summed E-state index contributed by atoms with van der Waals surface area (Å²) in [6.07, 6.45) is 3.21. The molecule has 12 heteroatoms. The zero-order valence-electron chi connectivity index (χ0n) is 21.5. The van der Waals surface area contributed by atoms with Gasteiger partial charge >= 0.3 is 17.9 Å². The molecule has 5 rings (SSSR count). The summed E-state index contributed by atoms with van der Waals surface area (Å²) in [6.45, 7) is 3.71. The van der Waals surface area contributed by atoms with Crippen LogP contribution in [0.1, 0.15) is 62.6 Å². The molecule has 2 atom stereocenters. The normalized spacial score (nSPS) is 21.7. The lowest BCUT2D eigenvalue weighted by Gasteiger charge is -2.46. The number of piperazine rings is 1. The topological polar surface area (TPSA) is 132 Å². The molecule has 3 aliphatic rings. The number of carbonyl (C=O) groups excluding carboxylic acids is 3. The highest BCUT2D eigenvalue weighted by atomic mass is 19.2. The zero-order valence-corrected chi connectivity index (χ0v) is 21.5. The van der Waals surface area contributed by atoms with Crippen molar-refractivity contribution in [2.45, 2.75) is 57.5 Å². The Balaban J connectivity index is 1.39. The van der Waals surface area contributed by atoms with Gasteiger partial charge in [-0.15, -0.1) is 0 Å². The first-order valence-electron chi connectivity index (χ1n) is 12.8. The fourth-order valence-electron chi connectivity index (χ4n) is 5.01. The SMILES string of the molecule is C[C@@H]1CN(C(=O)C(=O)Nc2cnc(NC(=O)O)c(C3CC3)c2)[C@@H](c2ccc(F)c(F)c2)CN1C(=O)C1(C)CC1. The van der Waals surface area contributed by atoms with Crippen molar-refractivity contribution in [3.8, 4) is 0 Å². The highest BCUT2D eigenvalue weighted by Gasteiger charge is 2.50. The number of nitrogens with zero attached hydrogens (tertiary/aromatic N) is 3. The molecule has 0 unspecified atom stereocenters. The highest BCUT2D eigenvalue weighted by Crippen LogP contribution is 2.48. The molecule has 10 nitrogen and oxygen atoms in total. The molecular formula is C27H29F2N5O5.